The number of nitrogens with one attached hydrogen (secondary N) is 1. The molecule has 1 saturated heterocycles. The Hall–Kier alpha value is -0.840. The number of halogens is 1. The molecule has 0 bridgehead atoms. The van der Waals surface area contributed by atoms with Crippen molar-refractivity contribution >= 4 is 17.4 Å². The molecule has 2 heterocycles. The molecule has 1 aromatic rings. The predicted octanol–water partition coefficient (Wildman–Crippen LogP) is 2.37. The number of anilines is 1. The quantitative estimate of drug-likeness (QED) is 0.904. The molecule has 2 rings (SSSR count). The Morgan fingerprint density at radius 3 is 2.70 bits per heavy atom. The van der Waals surface area contributed by atoms with Crippen LogP contribution in [0.3, 0.4) is 0 Å². The maximum Gasteiger partial charge on any atom is 0.147 e. The molecule has 1 aliphatic heterocycles. The molecule has 1 aliphatic rings. The Labute approximate surface area is 127 Å². The maximum atomic E-state index is 6.39. The van der Waals surface area contributed by atoms with E-state index in [1.165, 1.54) is 25.9 Å². The van der Waals surface area contributed by atoms with Gasteiger partial charge in [0.05, 0.1) is 5.02 Å². The van der Waals surface area contributed by atoms with Crippen LogP contribution >= 0.6 is 11.6 Å². The average molecular weight is 297 g/mol. The van der Waals surface area contributed by atoms with Gasteiger partial charge in [-0.05, 0) is 38.1 Å². The van der Waals surface area contributed by atoms with Crippen molar-refractivity contribution in [2.75, 3.05) is 38.6 Å². The van der Waals surface area contributed by atoms with Gasteiger partial charge in [0.2, 0.25) is 0 Å². The zero-order valence-electron chi connectivity index (χ0n) is 12.7. The average Bonchev–Trinajstić information content (AvgIpc) is 2.47. The summed E-state index contributed by atoms with van der Waals surface area (Å²) < 4.78 is 0. The summed E-state index contributed by atoms with van der Waals surface area (Å²) in [6.45, 7) is 6.50. The third kappa shape index (κ3) is 3.62. The molecule has 1 aromatic heterocycles. The minimum atomic E-state index is 0.540. The minimum Gasteiger partial charge on any atom is -0.355 e. The molecule has 112 valence electrons. The molecule has 0 aromatic carbocycles. The van der Waals surface area contributed by atoms with Crippen molar-refractivity contribution in [3.05, 3.63) is 22.8 Å². The van der Waals surface area contributed by atoms with Crippen molar-refractivity contribution in [1.29, 1.82) is 0 Å². The molecule has 1 N–H and O–H groups in total. The summed E-state index contributed by atoms with van der Waals surface area (Å²) in [7, 11) is 4.04. The van der Waals surface area contributed by atoms with E-state index >= 15 is 0 Å². The Morgan fingerprint density at radius 1 is 1.45 bits per heavy atom. The predicted molar refractivity (Wildman–Crippen MR) is 85.5 cm³/mol. The van der Waals surface area contributed by atoms with Gasteiger partial charge in [-0.3, -0.25) is 0 Å². The zero-order chi connectivity index (χ0) is 14.5. The molecule has 20 heavy (non-hydrogen) atoms. The Balaban J connectivity index is 2.03. The molecule has 0 saturated carbocycles. The van der Waals surface area contributed by atoms with Gasteiger partial charge < -0.3 is 15.1 Å². The summed E-state index contributed by atoms with van der Waals surface area (Å²) in [5.41, 5.74) is 1.12. The molecule has 0 atom stereocenters. The van der Waals surface area contributed by atoms with Crippen LogP contribution < -0.4 is 10.2 Å². The van der Waals surface area contributed by atoms with E-state index in [4.69, 9.17) is 11.6 Å². The van der Waals surface area contributed by atoms with Gasteiger partial charge in [0.25, 0.3) is 0 Å². The van der Waals surface area contributed by atoms with E-state index in [1.807, 2.05) is 19.3 Å². The first-order chi connectivity index (χ1) is 9.65. The van der Waals surface area contributed by atoms with Crippen LogP contribution in [0.1, 0.15) is 25.3 Å². The minimum absolute atomic E-state index is 0.540. The topological polar surface area (TPSA) is 31.4 Å². The highest BCUT2D eigenvalue weighted by Gasteiger charge is 2.23. The van der Waals surface area contributed by atoms with Crippen LogP contribution in [-0.4, -0.2) is 49.7 Å². The fourth-order valence-electron chi connectivity index (χ4n) is 2.83. The van der Waals surface area contributed by atoms with Gasteiger partial charge in [-0.1, -0.05) is 18.5 Å². The summed E-state index contributed by atoms with van der Waals surface area (Å²) in [6, 6.07) is 2.55. The lowest BCUT2D eigenvalue weighted by atomic mass is 10.0. The summed E-state index contributed by atoms with van der Waals surface area (Å²) in [5, 5.41) is 3.87. The first-order valence-electron chi connectivity index (χ1n) is 7.40. The fraction of sp³-hybridized carbons (Fsp3) is 0.667. The lowest BCUT2D eigenvalue weighted by Gasteiger charge is -2.37. The van der Waals surface area contributed by atoms with E-state index < -0.39 is 0 Å². The Bertz CT molecular complexity index is 430. The smallest absolute Gasteiger partial charge is 0.147 e. The van der Waals surface area contributed by atoms with Crippen LogP contribution in [0.5, 0.6) is 0 Å². The molecule has 5 heteroatoms. The normalized spacial score (nSPS) is 17.4. The summed E-state index contributed by atoms with van der Waals surface area (Å²) >= 11 is 6.39. The number of nitrogens with zero attached hydrogens (tertiary/aromatic N) is 3. The van der Waals surface area contributed by atoms with E-state index in [9.17, 15) is 0 Å². The highest BCUT2D eigenvalue weighted by molar-refractivity contribution is 6.33. The van der Waals surface area contributed by atoms with Crippen molar-refractivity contribution in [3.63, 3.8) is 0 Å². The second-order valence-corrected chi connectivity index (χ2v) is 5.86. The third-order valence-electron chi connectivity index (χ3n) is 4.15. The molecule has 0 radical (unpaired) electrons. The van der Waals surface area contributed by atoms with E-state index in [1.54, 1.807) is 0 Å². The van der Waals surface area contributed by atoms with Crippen molar-refractivity contribution in [2.45, 2.75) is 32.4 Å². The zero-order valence-corrected chi connectivity index (χ0v) is 13.5. The number of rotatable bonds is 5. The standard InChI is InChI=1S/C15H25ClN4/c1-4-20-7-5-13(6-8-20)19(3)15-14(16)9-12(10-17-2)11-18-15/h9,11,13,17H,4-8,10H2,1-3H3. The number of aromatic nitrogens is 1. The molecule has 0 spiro atoms. The van der Waals surface area contributed by atoms with E-state index in [-0.39, 0.29) is 0 Å². The number of pyridine rings is 1. The van der Waals surface area contributed by atoms with Gasteiger partial charge in [0, 0.05) is 38.9 Å². The fourth-order valence-corrected chi connectivity index (χ4v) is 3.15. The van der Waals surface area contributed by atoms with Crippen LogP contribution in [0.4, 0.5) is 5.82 Å². The van der Waals surface area contributed by atoms with Crippen LogP contribution in [0.15, 0.2) is 12.3 Å². The summed E-state index contributed by atoms with van der Waals surface area (Å²) in [6.07, 6.45) is 4.27. The molecular weight excluding hydrogens is 272 g/mol. The lowest BCUT2D eigenvalue weighted by molar-refractivity contribution is 0.220. The summed E-state index contributed by atoms with van der Waals surface area (Å²) in [5.74, 6) is 0.904. The van der Waals surface area contributed by atoms with Crippen molar-refractivity contribution < 1.29 is 0 Å². The van der Waals surface area contributed by atoms with E-state index in [2.05, 4.69) is 34.1 Å². The van der Waals surface area contributed by atoms with Crippen LogP contribution in [0, 0.1) is 0 Å². The molecule has 0 aliphatic carbocycles. The first kappa shape index (κ1) is 15.5. The molecular formula is C15H25ClN4. The summed E-state index contributed by atoms with van der Waals surface area (Å²) in [4.78, 5) is 9.30. The number of piperidine rings is 1. The lowest BCUT2D eigenvalue weighted by Crippen LogP contribution is -2.43. The monoisotopic (exact) mass is 296 g/mol. The van der Waals surface area contributed by atoms with Gasteiger partial charge >= 0.3 is 0 Å². The van der Waals surface area contributed by atoms with Gasteiger partial charge in [0.15, 0.2) is 0 Å². The number of hydrogen-bond donors (Lipinski definition) is 1. The van der Waals surface area contributed by atoms with Crippen molar-refractivity contribution in [3.8, 4) is 0 Å². The molecule has 1 fully saturated rings. The SMILES string of the molecule is CCN1CCC(N(C)c2ncc(CNC)cc2Cl)CC1. The van der Waals surface area contributed by atoms with Gasteiger partial charge in [-0.2, -0.15) is 0 Å². The van der Waals surface area contributed by atoms with Crippen LogP contribution in [0.25, 0.3) is 0 Å². The van der Waals surface area contributed by atoms with Gasteiger partial charge in [-0.25, -0.2) is 4.98 Å². The number of hydrogen-bond acceptors (Lipinski definition) is 4. The Kier molecular flexibility index (Phi) is 5.64. The van der Waals surface area contributed by atoms with Gasteiger partial charge in [0.1, 0.15) is 5.82 Å². The highest BCUT2D eigenvalue weighted by atomic mass is 35.5. The molecule has 0 amide bonds. The van der Waals surface area contributed by atoms with E-state index in [0.717, 1.165) is 29.5 Å². The maximum absolute atomic E-state index is 6.39. The third-order valence-corrected chi connectivity index (χ3v) is 4.42. The second kappa shape index (κ2) is 7.25. The second-order valence-electron chi connectivity index (χ2n) is 5.46. The van der Waals surface area contributed by atoms with Crippen molar-refractivity contribution in [2.24, 2.45) is 0 Å². The number of likely N-dealkylation sites (tertiary alicyclic amines) is 1. The largest absolute Gasteiger partial charge is 0.355 e. The Morgan fingerprint density at radius 2 is 2.15 bits per heavy atom. The molecule has 0 unspecified atom stereocenters. The van der Waals surface area contributed by atoms with Crippen LogP contribution in [-0.2, 0) is 6.54 Å². The van der Waals surface area contributed by atoms with Gasteiger partial charge in [-0.15, -0.1) is 0 Å². The van der Waals surface area contributed by atoms with E-state index in [0.29, 0.717) is 6.04 Å². The van der Waals surface area contributed by atoms with Crippen LogP contribution in [0.2, 0.25) is 5.02 Å². The highest BCUT2D eigenvalue weighted by Crippen LogP contribution is 2.27. The first-order valence-corrected chi connectivity index (χ1v) is 7.77. The van der Waals surface area contributed by atoms with Crippen molar-refractivity contribution in [1.82, 2.24) is 15.2 Å². The molecule has 4 nitrogen and oxygen atoms in total.